The summed E-state index contributed by atoms with van der Waals surface area (Å²) in [7, 11) is 1.62. The Morgan fingerprint density at radius 1 is 1.09 bits per heavy atom. The molecular weight excluding hydrogens is 426 g/mol. The van der Waals surface area contributed by atoms with E-state index in [2.05, 4.69) is 5.32 Å². The van der Waals surface area contributed by atoms with Gasteiger partial charge in [0.1, 0.15) is 12.3 Å². The Morgan fingerprint density at radius 2 is 1.81 bits per heavy atom. The van der Waals surface area contributed by atoms with Crippen LogP contribution in [-0.2, 0) is 9.59 Å². The van der Waals surface area contributed by atoms with Gasteiger partial charge in [-0.05, 0) is 72.8 Å². The number of carbonyl (C=O) groups is 3. The second-order valence-corrected chi connectivity index (χ2v) is 8.16. The van der Waals surface area contributed by atoms with E-state index < -0.39 is 17.1 Å². The molecule has 3 aromatic rings. The van der Waals surface area contributed by atoms with Gasteiger partial charge in [0.15, 0.2) is 0 Å². The molecule has 1 aromatic heterocycles. The van der Waals surface area contributed by atoms with Gasteiger partial charge in [-0.25, -0.2) is 0 Å². The van der Waals surface area contributed by atoms with E-state index in [4.69, 9.17) is 4.74 Å². The van der Waals surface area contributed by atoms with Gasteiger partial charge in [-0.15, -0.1) is 0 Å². The van der Waals surface area contributed by atoms with Crippen LogP contribution in [0.5, 0.6) is 5.75 Å². The second-order valence-electron chi connectivity index (χ2n) is 7.16. The van der Waals surface area contributed by atoms with Gasteiger partial charge in [-0.3, -0.25) is 19.3 Å². The minimum Gasteiger partial charge on any atom is -0.497 e. The predicted octanol–water partition coefficient (Wildman–Crippen LogP) is 4.47. The van der Waals surface area contributed by atoms with Gasteiger partial charge in [0.2, 0.25) is 5.91 Å². The minimum absolute atomic E-state index is 0.286. The van der Waals surface area contributed by atoms with E-state index >= 15 is 0 Å². The molecule has 1 saturated heterocycles. The fraction of sp³-hybridized carbons (Fsp3) is 0.125. The fourth-order valence-corrected chi connectivity index (χ4v) is 4.19. The van der Waals surface area contributed by atoms with E-state index in [1.54, 1.807) is 37.5 Å². The lowest BCUT2D eigenvalue weighted by Crippen LogP contribution is -2.36. The van der Waals surface area contributed by atoms with Crippen LogP contribution in [0.4, 0.5) is 10.5 Å². The summed E-state index contributed by atoms with van der Waals surface area (Å²) in [5, 5.41) is 2.22. The third-order valence-electron chi connectivity index (χ3n) is 4.91. The maximum atomic E-state index is 12.8. The summed E-state index contributed by atoms with van der Waals surface area (Å²) in [6.07, 6.45) is 3.57. The first kappa shape index (κ1) is 21.5. The third-order valence-corrected chi connectivity index (χ3v) is 5.82. The molecule has 7 nitrogen and oxygen atoms in total. The van der Waals surface area contributed by atoms with Crippen molar-refractivity contribution in [3.63, 3.8) is 0 Å². The van der Waals surface area contributed by atoms with Crippen LogP contribution >= 0.6 is 11.8 Å². The van der Waals surface area contributed by atoms with Gasteiger partial charge in [-0.2, -0.15) is 0 Å². The molecule has 2 heterocycles. The lowest BCUT2D eigenvalue weighted by Gasteiger charge is -2.12. The van der Waals surface area contributed by atoms with Gasteiger partial charge >= 0.3 is 0 Å². The van der Waals surface area contributed by atoms with Crippen LogP contribution in [0.1, 0.15) is 11.3 Å². The van der Waals surface area contributed by atoms with E-state index in [9.17, 15) is 14.4 Å². The third kappa shape index (κ3) is 4.60. The highest BCUT2D eigenvalue weighted by Gasteiger charge is 2.36. The molecule has 8 heteroatoms. The van der Waals surface area contributed by atoms with E-state index in [0.29, 0.717) is 5.69 Å². The molecule has 0 unspecified atom stereocenters. The lowest BCUT2D eigenvalue weighted by molar-refractivity contribution is -0.127. The van der Waals surface area contributed by atoms with Gasteiger partial charge in [-0.1, -0.05) is 18.2 Å². The maximum absolute atomic E-state index is 12.8. The molecule has 1 N–H and O–H groups in total. The van der Waals surface area contributed by atoms with Crippen molar-refractivity contribution in [1.29, 1.82) is 0 Å². The maximum Gasteiger partial charge on any atom is 0.294 e. The number of benzene rings is 2. The number of nitrogens with zero attached hydrogens (tertiary/aromatic N) is 2. The van der Waals surface area contributed by atoms with Gasteiger partial charge in [0, 0.05) is 23.3 Å². The summed E-state index contributed by atoms with van der Waals surface area (Å²) in [6, 6.07) is 18.4. The van der Waals surface area contributed by atoms with Crippen molar-refractivity contribution < 1.29 is 19.1 Å². The van der Waals surface area contributed by atoms with Crippen molar-refractivity contribution in [3.8, 4) is 11.4 Å². The number of para-hydroxylation sites is 1. The number of hydrogen-bond donors (Lipinski definition) is 1. The molecule has 1 fully saturated rings. The number of aryl methyl sites for hydroxylation is 1. The van der Waals surface area contributed by atoms with Crippen LogP contribution in [-0.4, -0.2) is 40.2 Å². The molecule has 32 heavy (non-hydrogen) atoms. The number of hydrogen-bond acceptors (Lipinski definition) is 5. The molecule has 2 aromatic carbocycles. The van der Waals surface area contributed by atoms with Crippen molar-refractivity contribution in [2.45, 2.75) is 6.92 Å². The number of imide groups is 1. The zero-order chi connectivity index (χ0) is 22.7. The summed E-state index contributed by atoms with van der Waals surface area (Å²) in [5.41, 5.74) is 3.32. The quantitative estimate of drug-likeness (QED) is 0.564. The number of rotatable bonds is 6. The second kappa shape index (κ2) is 9.15. The zero-order valence-corrected chi connectivity index (χ0v) is 18.4. The Hall–Kier alpha value is -3.78. The van der Waals surface area contributed by atoms with E-state index in [-0.39, 0.29) is 11.4 Å². The largest absolute Gasteiger partial charge is 0.497 e. The summed E-state index contributed by atoms with van der Waals surface area (Å²) >= 11 is 0.834. The lowest BCUT2D eigenvalue weighted by atomic mass is 10.2. The van der Waals surface area contributed by atoms with Crippen LogP contribution in [0.2, 0.25) is 0 Å². The standard InChI is InChI=1S/C24H21N3O4S/c1-16-12-17(14-26(16)19-8-10-20(31-2)11-9-19)13-21-23(29)27(24(30)32-21)15-22(28)25-18-6-4-3-5-7-18/h3-14H,15H2,1-2H3,(H,25,28)/b21-13+. The molecule has 0 spiro atoms. The van der Waals surface area contributed by atoms with E-state index in [1.807, 2.05) is 54.1 Å². The van der Waals surface area contributed by atoms with Crippen molar-refractivity contribution in [1.82, 2.24) is 9.47 Å². The first-order chi connectivity index (χ1) is 15.4. The highest BCUT2D eigenvalue weighted by molar-refractivity contribution is 8.18. The smallest absolute Gasteiger partial charge is 0.294 e. The monoisotopic (exact) mass is 447 g/mol. The molecule has 0 bridgehead atoms. The van der Waals surface area contributed by atoms with Crippen LogP contribution in [0.25, 0.3) is 11.8 Å². The number of anilines is 1. The van der Waals surface area contributed by atoms with E-state index in [1.165, 1.54) is 0 Å². The topological polar surface area (TPSA) is 80.6 Å². The summed E-state index contributed by atoms with van der Waals surface area (Å²) in [4.78, 5) is 38.6. The SMILES string of the molecule is COc1ccc(-n2cc(/C=C3/SC(=O)N(CC(=O)Nc4ccccc4)C3=O)cc2C)cc1. The Labute approximate surface area is 189 Å². The Morgan fingerprint density at radius 3 is 2.50 bits per heavy atom. The van der Waals surface area contributed by atoms with Crippen LogP contribution < -0.4 is 10.1 Å². The number of ether oxygens (including phenoxy) is 1. The Bertz CT molecular complexity index is 1200. The van der Waals surface area contributed by atoms with Gasteiger partial charge < -0.3 is 14.6 Å². The number of nitrogens with one attached hydrogen (secondary N) is 1. The van der Waals surface area contributed by atoms with Gasteiger partial charge in [0.05, 0.1) is 12.0 Å². The van der Waals surface area contributed by atoms with Gasteiger partial charge in [0.25, 0.3) is 11.1 Å². The van der Waals surface area contributed by atoms with Crippen LogP contribution in [0.15, 0.2) is 71.8 Å². The molecule has 162 valence electrons. The average Bonchev–Trinajstić information content (AvgIpc) is 3.28. The predicted molar refractivity (Wildman–Crippen MR) is 125 cm³/mol. The Kier molecular flexibility index (Phi) is 6.13. The average molecular weight is 448 g/mol. The first-order valence-electron chi connectivity index (χ1n) is 9.88. The van der Waals surface area contributed by atoms with Crippen LogP contribution in [0, 0.1) is 6.92 Å². The molecule has 1 aliphatic rings. The normalized spacial score (nSPS) is 14.8. The molecule has 0 radical (unpaired) electrons. The number of methoxy groups -OCH3 is 1. The molecule has 1 aliphatic heterocycles. The number of thioether (sulfide) groups is 1. The molecule has 0 atom stereocenters. The molecule has 4 rings (SSSR count). The highest BCUT2D eigenvalue weighted by Crippen LogP contribution is 2.32. The van der Waals surface area contributed by atoms with Crippen molar-refractivity contribution in [3.05, 3.63) is 83.0 Å². The highest BCUT2D eigenvalue weighted by atomic mass is 32.2. The molecule has 0 aliphatic carbocycles. The first-order valence-corrected chi connectivity index (χ1v) is 10.7. The summed E-state index contributed by atoms with van der Waals surface area (Å²) < 4.78 is 7.19. The molecule has 0 saturated carbocycles. The molecule has 3 amide bonds. The van der Waals surface area contributed by atoms with Crippen molar-refractivity contribution in [2.24, 2.45) is 0 Å². The number of aromatic nitrogens is 1. The summed E-state index contributed by atoms with van der Waals surface area (Å²) in [6.45, 7) is 1.63. The number of amides is 3. The Balaban J connectivity index is 1.48. The zero-order valence-electron chi connectivity index (χ0n) is 17.6. The minimum atomic E-state index is -0.474. The fourth-order valence-electron chi connectivity index (χ4n) is 3.35. The van der Waals surface area contributed by atoms with Crippen molar-refractivity contribution in [2.75, 3.05) is 19.0 Å². The summed E-state index contributed by atoms with van der Waals surface area (Å²) in [5.74, 6) is -0.136. The van der Waals surface area contributed by atoms with E-state index in [0.717, 1.165) is 39.4 Å². The number of carbonyl (C=O) groups excluding carboxylic acids is 3. The molecular formula is C24H21N3O4S. The van der Waals surface area contributed by atoms with Crippen molar-refractivity contribution >= 4 is 40.6 Å². The van der Waals surface area contributed by atoms with Crippen LogP contribution in [0.3, 0.4) is 0 Å².